The van der Waals surface area contributed by atoms with Crippen molar-refractivity contribution in [1.29, 1.82) is 0 Å². The second-order valence-electron chi connectivity index (χ2n) is 2.54. The molecule has 0 unspecified atom stereocenters. The number of rotatable bonds is 1. The van der Waals surface area contributed by atoms with Crippen LogP contribution in [0.25, 0.3) is 0 Å². The maximum Gasteiger partial charge on any atom is 0.422 e. The summed E-state index contributed by atoms with van der Waals surface area (Å²) >= 11 is 0. The molecule has 0 aliphatic heterocycles. The number of halogens is 4. The van der Waals surface area contributed by atoms with Gasteiger partial charge < -0.3 is 4.74 Å². The summed E-state index contributed by atoms with van der Waals surface area (Å²) in [6.45, 7) is 0. The number of methoxy groups -OCH3 is 1. The van der Waals surface area contributed by atoms with E-state index in [9.17, 15) is 17.6 Å². The van der Waals surface area contributed by atoms with Crippen LogP contribution in [0.15, 0.2) is 12.1 Å². The van der Waals surface area contributed by atoms with Crippen LogP contribution in [-0.2, 0) is 6.18 Å². The van der Waals surface area contributed by atoms with Crippen LogP contribution in [-0.4, -0.2) is 15.0 Å². The van der Waals surface area contributed by atoms with Crippen LogP contribution in [0.3, 0.4) is 0 Å². The highest BCUT2D eigenvalue weighted by Crippen LogP contribution is 2.37. The highest BCUT2D eigenvalue weighted by Gasteiger charge is 2.38. The summed E-state index contributed by atoms with van der Waals surface area (Å²) in [5, 5.41) is 0. The Bertz CT molecular complexity index is 348. The van der Waals surface area contributed by atoms with Gasteiger partial charge in [0.2, 0.25) is 0 Å². The molecule has 0 saturated heterocycles. The Balaban J connectivity index is 3.44. The molecule has 0 fully saturated rings. The molecule has 0 N–H and O–H groups in total. The summed E-state index contributed by atoms with van der Waals surface area (Å²) in [4.78, 5) is 0. The fourth-order valence-corrected chi connectivity index (χ4v) is 1.01. The highest BCUT2D eigenvalue weighted by molar-refractivity contribution is 6.32. The molecule has 1 aromatic carbocycles. The molecule has 0 atom stereocenters. The van der Waals surface area contributed by atoms with E-state index in [4.69, 9.17) is 7.85 Å². The molecule has 0 heterocycles. The molecule has 0 aromatic heterocycles. The lowest BCUT2D eigenvalue weighted by Gasteiger charge is -2.13. The van der Waals surface area contributed by atoms with Crippen molar-refractivity contribution in [3.8, 4) is 5.75 Å². The van der Waals surface area contributed by atoms with Crippen molar-refractivity contribution in [1.82, 2.24) is 0 Å². The van der Waals surface area contributed by atoms with Gasteiger partial charge in [-0.15, -0.1) is 0 Å². The van der Waals surface area contributed by atoms with E-state index < -0.39 is 28.8 Å². The number of alkyl halides is 3. The van der Waals surface area contributed by atoms with Crippen LogP contribution in [0, 0.1) is 5.82 Å². The SMILES string of the molecule is [B]c1ccc(OC)c(C(F)(F)F)c1F. The Morgan fingerprint density at radius 1 is 1.29 bits per heavy atom. The molecule has 0 saturated carbocycles. The van der Waals surface area contributed by atoms with Crippen molar-refractivity contribution in [3.05, 3.63) is 23.5 Å². The van der Waals surface area contributed by atoms with Crippen LogP contribution < -0.4 is 10.2 Å². The van der Waals surface area contributed by atoms with Crippen molar-refractivity contribution in [3.63, 3.8) is 0 Å². The zero-order valence-corrected chi connectivity index (χ0v) is 7.15. The lowest BCUT2D eigenvalue weighted by molar-refractivity contribution is -0.141. The Kier molecular flexibility index (Phi) is 2.73. The van der Waals surface area contributed by atoms with E-state index in [0.717, 1.165) is 19.2 Å². The summed E-state index contributed by atoms with van der Waals surface area (Å²) in [5.74, 6) is -2.08. The molecule has 1 nitrogen and oxygen atoms in total. The predicted molar refractivity (Wildman–Crippen MR) is 43.3 cm³/mol. The minimum atomic E-state index is -4.81. The van der Waals surface area contributed by atoms with Gasteiger partial charge in [-0.3, -0.25) is 0 Å². The van der Waals surface area contributed by atoms with Crippen LogP contribution in [0.4, 0.5) is 17.6 Å². The lowest BCUT2D eigenvalue weighted by Crippen LogP contribution is -2.18. The number of hydrogen-bond acceptors (Lipinski definition) is 1. The Hall–Kier alpha value is -1.20. The first-order valence-corrected chi connectivity index (χ1v) is 3.57. The molecular weight excluding hydrogens is 199 g/mol. The number of benzene rings is 1. The molecule has 0 aliphatic rings. The second-order valence-corrected chi connectivity index (χ2v) is 2.54. The van der Waals surface area contributed by atoms with Crippen molar-refractivity contribution >= 4 is 13.3 Å². The molecule has 0 aliphatic carbocycles. The fourth-order valence-electron chi connectivity index (χ4n) is 1.01. The van der Waals surface area contributed by atoms with E-state index in [1.54, 1.807) is 0 Å². The molecule has 6 heteroatoms. The van der Waals surface area contributed by atoms with E-state index in [1.165, 1.54) is 0 Å². The second kappa shape index (κ2) is 3.51. The van der Waals surface area contributed by atoms with Crippen LogP contribution in [0.5, 0.6) is 5.75 Å². The molecule has 74 valence electrons. The van der Waals surface area contributed by atoms with Gasteiger partial charge in [-0.25, -0.2) is 4.39 Å². The van der Waals surface area contributed by atoms with Gasteiger partial charge in [0.1, 0.15) is 25.0 Å². The topological polar surface area (TPSA) is 9.23 Å². The highest BCUT2D eigenvalue weighted by atomic mass is 19.4. The van der Waals surface area contributed by atoms with E-state index in [1.807, 2.05) is 0 Å². The average Bonchev–Trinajstić information content (AvgIpc) is 2.07. The number of ether oxygens (including phenoxy) is 1. The van der Waals surface area contributed by atoms with Crippen LogP contribution >= 0.6 is 0 Å². The largest absolute Gasteiger partial charge is 0.496 e. The average molecular weight is 204 g/mol. The van der Waals surface area contributed by atoms with Gasteiger partial charge in [-0.05, 0) is 6.07 Å². The molecule has 0 amide bonds. The summed E-state index contributed by atoms with van der Waals surface area (Å²) < 4.78 is 54.3. The smallest absolute Gasteiger partial charge is 0.422 e. The first kappa shape index (κ1) is 10.9. The van der Waals surface area contributed by atoms with Crippen molar-refractivity contribution in [2.24, 2.45) is 0 Å². The van der Waals surface area contributed by atoms with Crippen molar-refractivity contribution in [2.75, 3.05) is 7.11 Å². The third-order valence-electron chi connectivity index (χ3n) is 1.64. The normalized spacial score (nSPS) is 11.5. The Morgan fingerprint density at radius 3 is 2.29 bits per heavy atom. The van der Waals surface area contributed by atoms with Crippen LogP contribution in [0.1, 0.15) is 5.56 Å². The molecule has 14 heavy (non-hydrogen) atoms. The standard InChI is InChI=1S/C8H5BF4O/c1-14-5-3-2-4(9)7(10)6(5)8(11,12)13/h2-3H,1H3. The third-order valence-corrected chi connectivity index (χ3v) is 1.64. The molecule has 0 spiro atoms. The van der Waals surface area contributed by atoms with Gasteiger partial charge in [-0.2, -0.15) is 13.2 Å². The van der Waals surface area contributed by atoms with Gasteiger partial charge in [0.25, 0.3) is 0 Å². The fraction of sp³-hybridized carbons (Fsp3) is 0.250. The lowest BCUT2D eigenvalue weighted by atomic mass is 9.93. The number of hydrogen-bond donors (Lipinski definition) is 0. The molecule has 0 bridgehead atoms. The third kappa shape index (κ3) is 1.83. The first-order chi connectivity index (χ1) is 6.38. The van der Waals surface area contributed by atoms with E-state index in [2.05, 4.69) is 4.74 Å². The van der Waals surface area contributed by atoms with Gasteiger partial charge in [0.05, 0.1) is 7.11 Å². The van der Waals surface area contributed by atoms with Crippen molar-refractivity contribution in [2.45, 2.75) is 6.18 Å². The zero-order valence-electron chi connectivity index (χ0n) is 7.15. The minimum absolute atomic E-state index is 0.557. The first-order valence-electron chi connectivity index (χ1n) is 3.57. The zero-order chi connectivity index (χ0) is 10.9. The van der Waals surface area contributed by atoms with Gasteiger partial charge in [0, 0.05) is 0 Å². The van der Waals surface area contributed by atoms with Crippen molar-refractivity contribution < 1.29 is 22.3 Å². The monoisotopic (exact) mass is 204 g/mol. The van der Waals surface area contributed by atoms with Gasteiger partial charge in [-0.1, -0.05) is 11.5 Å². The summed E-state index contributed by atoms with van der Waals surface area (Å²) in [5.41, 5.74) is -2.03. The van der Waals surface area contributed by atoms with Crippen LogP contribution in [0.2, 0.25) is 0 Å². The molecule has 1 aromatic rings. The minimum Gasteiger partial charge on any atom is -0.496 e. The van der Waals surface area contributed by atoms with E-state index in [-0.39, 0.29) is 0 Å². The quantitative estimate of drug-likeness (QED) is 0.499. The Labute approximate surface area is 79.1 Å². The van der Waals surface area contributed by atoms with E-state index >= 15 is 0 Å². The Morgan fingerprint density at radius 2 is 1.86 bits per heavy atom. The summed E-state index contributed by atoms with van der Waals surface area (Å²) in [7, 11) is 6.04. The maximum atomic E-state index is 13.0. The summed E-state index contributed by atoms with van der Waals surface area (Å²) in [6, 6.07) is 1.99. The maximum absolute atomic E-state index is 13.0. The van der Waals surface area contributed by atoms with E-state index in [0.29, 0.717) is 0 Å². The molecule has 2 radical (unpaired) electrons. The molecule has 1 rings (SSSR count). The predicted octanol–water partition coefficient (Wildman–Crippen LogP) is 1.65. The van der Waals surface area contributed by atoms with Gasteiger partial charge in [0.15, 0.2) is 0 Å². The molecular formula is C8H5BF4O. The summed E-state index contributed by atoms with van der Waals surface area (Å²) in [6.07, 6.45) is -4.81. The van der Waals surface area contributed by atoms with Gasteiger partial charge >= 0.3 is 6.18 Å².